The van der Waals surface area contributed by atoms with Crippen LogP contribution in [0.5, 0.6) is 0 Å². The van der Waals surface area contributed by atoms with E-state index >= 15 is 0 Å². The second-order valence-corrected chi connectivity index (χ2v) is 4.78. The smallest absolute Gasteiger partial charge is 0.303 e. The Bertz CT molecular complexity index is 430. The molecule has 1 saturated heterocycles. The summed E-state index contributed by atoms with van der Waals surface area (Å²) in [6.07, 6.45) is -0.215. The number of carbonyl (C=O) groups is 1. The lowest BCUT2D eigenvalue weighted by Crippen LogP contribution is -2.52. The quantitative estimate of drug-likeness (QED) is 0.621. The second kappa shape index (κ2) is 6.32. The maximum absolute atomic E-state index is 12.5. The van der Waals surface area contributed by atoms with Crippen LogP contribution in [0.25, 0.3) is 0 Å². The number of halogens is 3. The van der Waals surface area contributed by atoms with Crippen molar-refractivity contribution >= 4 is 6.29 Å². The minimum Gasteiger partial charge on any atom is -0.303 e. The summed E-state index contributed by atoms with van der Waals surface area (Å²) < 4.78 is 37.5. The summed E-state index contributed by atoms with van der Waals surface area (Å²) in [5.41, 5.74) is 0.841. The topological polar surface area (TPSA) is 36.4 Å². The van der Waals surface area contributed by atoms with Gasteiger partial charge in [-0.05, 0) is 17.7 Å². The maximum Gasteiger partial charge on any atom is 0.460 e. The predicted molar refractivity (Wildman–Crippen MR) is 67.1 cm³/mol. The molecule has 0 bridgehead atoms. The Morgan fingerprint density at radius 3 is 2.30 bits per heavy atom. The SMILES string of the molecule is O=CC(CN1CCN(C(F)(F)F)CC1)c1ccncc1. The van der Waals surface area contributed by atoms with Gasteiger partial charge in [0.15, 0.2) is 0 Å². The van der Waals surface area contributed by atoms with Crippen molar-refractivity contribution in [1.82, 2.24) is 14.8 Å². The van der Waals surface area contributed by atoms with E-state index < -0.39 is 6.30 Å². The summed E-state index contributed by atoms with van der Waals surface area (Å²) >= 11 is 0. The molecule has 0 radical (unpaired) electrons. The number of aldehydes is 1. The molecule has 1 aromatic heterocycles. The van der Waals surface area contributed by atoms with Gasteiger partial charge in [-0.3, -0.25) is 9.88 Å². The van der Waals surface area contributed by atoms with E-state index in [0.29, 0.717) is 24.5 Å². The van der Waals surface area contributed by atoms with Crippen molar-refractivity contribution in [2.45, 2.75) is 12.2 Å². The fourth-order valence-corrected chi connectivity index (χ4v) is 2.30. The van der Waals surface area contributed by atoms with Crippen molar-refractivity contribution in [3.05, 3.63) is 30.1 Å². The molecule has 1 atom stereocenters. The summed E-state index contributed by atoms with van der Waals surface area (Å²) in [6, 6.07) is 3.51. The number of hydrogen-bond acceptors (Lipinski definition) is 4. The molecule has 0 aromatic carbocycles. The summed E-state index contributed by atoms with van der Waals surface area (Å²) in [5.74, 6) is -0.324. The minimum absolute atomic E-state index is 0.0502. The molecular formula is C13H16F3N3O. The zero-order chi connectivity index (χ0) is 14.6. The van der Waals surface area contributed by atoms with Crippen LogP contribution >= 0.6 is 0 Å². The van der Waals surface area contributed by atoms with E-state index in [1.54, 1.807) is 24.5 Å². The molecule has 1 aliphatic rings. The normalized spacial score (nSPS) is 19.8. The largest absolute Gasteiger partial charge is 0.460 e. The summed E-state index contributed by atoms with van der Waals surface area (Å²) in [5, 5.41) is 0. The number of hydrogen-bond donors (Lipinski definition) is 0. The molecule has 2 rings (SSSR count). The Morgan fingerprint density at radius 1 is 1.20 bits per heavy atom. The van der Waals surface area contributed by atoms with E-state index in [2.05, 4.69) is 4.98 Å². The first-order valence-electron chi connectivity index (χ1n) is 6.40. The number of piperazine rings is 1. The van der Waals surface area contributed by atoms with E-state index in [1.165, 1.54) is 0 Å². The van der Waals surface area contributed by atoms with E-state index in [4.69, 9.17) is 0 Å². The van der Waals surface area contributed by atoms with Gasteiger partial charge in [0, 0.05) is 45.1 Å². The van der Waals surface area contributed by atoms with Crippen LogP contribution in [0.4, 0.5) is 13.2 Å². The summed E-state index contributed by atoms with van der Waals surface area (Å²) in [4.78, 5) is 17.4. The van der Waals surface area contributed by atoms with Gasteiger partial charge in [0.1, 0.15) is 6.29 Å². The third kappa shape index (κ3) is 3.77. The van der Waals surface area contributed by atoms with E-state index in [1.807, 2.05) is 4.90 Å². The third-order valence-electron chi connectivity index (χ3n) is 3.48. The molecule has 7 heteroatoms. The van der Waals surface area contributed by atoms with Crippen LogP contribution in [0, 0.1) is 0 Å². The lowest BCUT2D eigenvalue weighted by Gasteiger charge is -2.36. The van der Waals surface area contributed by atoms with Gasteiger partial charge in [0.2, 0.25) is 0 Å². The number of aromatic nitrogens is 1. The fourth-order valence-electron chi connectivity index (χ4n) is 2.30. The van der Waals surface area contributed by atoms with Gasteiger partial charge in [0.05, 0.1) is 5.92 Å². The lowest BCUT2D eigenvalue weighted by atomic mass is 10.0. The molecule has 0 N–H and O–H groups in total. The summed E-state index contributed by atoms with van der Waals surface area (Å²) in [7, 11) is 0. The molecule has 1 unspecified atom stereocenters. The Balaban J connectivity index is 1.90. The first-order chi connectivity index (χ1) is 9.50. The van der Waals surface area contributed by atoms with E-state index in [-0.39, 0.29) is 19.0 Å². The molecule has 0 aliphatic carbocycles. The van der Waals surface area contributed by atoms with Crippen molar-refractivity contribution in [2.24, 2.45) is 0 Å². The van der Waals surface area contributed by atoms with Crippen LogP contribution in [0.15, 0.2) is 24.5 Å². The molecule has 4 nitrogen and oxygen atoms in total. The first kappa shape index (κ1) is 14.9. The van der Waals surface area contributed by atoms with E-state index in [9.17, 15) is 18.0 Å². The number of rotatable bonds is 4. The number of alkyl halides is 3. The van der Waals surface area contributed by atoms with Crippen LogP contribution in [-0.4, -0.2) is 60.1 Å². The fraction of sp³-hybridized carbons (Fsp3) is 0.538. The molecular weight excluding hydrogens is 271 g/mol. The van der Waals surface area contributed by atoms with Crippen LogP contribution in [0.1, 0.15) is 11.5 Å². The monoisotopic (exact) mass is 287 g/mol. The highest BCUT2D eigenvalue weighted by Crippen LogP contribution is 2.23. The molecule has 20 heavy (non-hydrogen) atoms. The van der Waals surface area contributed by atoms with Crippen molar-refractivity contribution in [1.29, 1.82) is 0 Å². The predicted octanol–water partition coefficient (Wildman–Crippen LogP) is 1.50. The number of carbonyl (C=O) groups excluding carboxylic acids is 1. The van der Waals surface area contributed by atoms with Crippen molar-refractivity contribution < 1.29 is 18.0 Å². The highest BCUT2D eigenvalue weighted by atomic mass is 19.4. The van der Waals surface area contributed by atoms with Crippen molar-refractivity contribution in [3.63, 3.8) is 0 Å². The molecule has 0 amide bonds. The Hall–Kier alpha value is -1.47. The van der Waals surface area contributed by atoms with Gasteiger partial charge in [0.25, 0.3) is 0 Å². The molecule has 2 heterocycles. The lowest BCUT2D eigenvalue weighted by molar-refractivity contribution is -0.252. The minimum atomic E-state index is -4.26. The first-order valence-corrected chi connectivity index (χ1v) is 6.40. The molecule has 1 aliphatic heterocycles. The van der Waals surface area contributed by atoms with Gasteiger partial charge < -0.3 is 4.79 Å². The van der Waals surface area contributed by atoms with Crippen LogP contribution in [0.2, 0.25) is 0 Å². The highest BCUT2D eigenvalue weighted by Gasteiger charge is 2.38. The van der Waals surface area contributed by atoms with Gasteiger partial charge in [-0.15, -0.1) is 0 Å². The van der Waals surface area contributed by atoms with Gasteiger partial charge in [-0.25, -0.2) is 4.90 Å². The average Bonchev–Trinajstić information content (AvgIpc) is 2.45. The van der Waals surface area contributed by atoms with Crippen LogP contribution in [0.3, 0.4) is 0 Å². The highest BCUT2D eigenvalue weighted by molar-refractivity contribution is 5.62. The summed E-state index contributed by atoms with van der Waals surface area (Å²) in [6.45, 7) is 0.972. The third-order valence-corrected chi connectivity index (χ3v) is 3.48. The van der Waals surface area contributed by atoms with Gasteiger partial charge in [-0.1, -0.05) is 0 Å². The Morgan fingerprint density at radius 2 is 1.80 bits per heavy atom. The zero-order valence-electron chi connectivity index (χ0n) is 10.9. The van der Waals surface area contributed by atoms with E-state index in [0.717, 1.165) is 11.8 Å². The molecule has 110 valence electrons. The molecule has 1 aromatic rings. The Labute approximate surface area is 115 Å². The standard InChI is InChI=1S/C13H16F3N3O/c14-13(15,16)19-7-5-18(6-8-19)9-12(10-20)11-1-3-17-4-2-11/h1-4,10,12H,5-9H2. The molecule has 1 fully saturated rings. The van der Waals surface area contributed by atoms with Crippen molar-refractivity contribution in [2.75, 3.05) is 32.7 Å². The van der Waals surface area contributed by atoms with Gasteiger partial charge in [-0.2, -0.15) is 13.2 Å². The number of nitrogens with zero attached hydrogens (tertiary/aromatic N) is 3. The maximum atomic E-state index is 12.5. The average molecular weight is 287 g/mol. The number of pyridine rings is 1. The zero-order valence-corrected chi connectivity index (χ0v) is 10.9. The van der Waals surface area contributed by atoms with Crippen LogP contribution in [-0.2, 0) is 4.79 Å². The molecule has 0 spiro atoms. The molecule has 0 saturated carbocycles. The second-order valence-electron chi connectivity index (χ2n) is 4.78. The van der Waals surface area contributed by atoms with Crippen LogP contribution < -0.4 is 0 Å². The van der Waals surface area contributed by atoms with Gasteiger partial charge >= 0.3 is 6.30 Å². The Kier molecular flexibility index (Phi) is 4.72. The van der Waals surface area contributed by atoms with Crippen molar-refractivity contribution in [3.8, 4) is 0 Å².